The Morgan fingerprint density at radius 1 is 1.00 bits per heavy atom. The molecule has 1 aromatic carbocycles. The molecule has 32 heavy (non-hydrogen) atoms. The van der Waals surface area contributed by atoms with Gasteiger partial charge < -0.3 is 14.7 Å². The van der Waals surface area contributed by atoms with Crippen LogP contribution in [0.4, 0.5) is 5.82 Å². The molecule has 2 amide bonds. The molecule has 0 aliphatic carbocycles. The maximum Gasteiger partial charge on any atom is 0.242 e. The monoisotopic (exact) mass is 437 g/mol. The molecule has 1 fully saturated rings. The molecule has 1 unspecified atom stereocenters. The molecule has 2 aromatic rings. The molecule has 3 rings (SSSR count). The molecule has 7 heteroatoms. The summed E-state index contributed by atoms with van der Waals surface area (Å²) in [6, 6.07) is 12.3. The lowest BCUT2D eigenvalue weighted by atomic mass is 10.1. The molecule has 0 N–H and O–H groups in total. The van der Waals surface area contributed by atoms with E-state index in [0.717, 1.165) is 36.5 Å². The third-order valence-corrected chi connectivity index (χ3v) is 6.22. The topological polar surface area (TPSA) is 69.6 Å². The van der Waals surface area contributed by atoms with Crippen LogP contribution in [-0.4, -0.2) is 70.6 Å². The predicted molar refractivity (Wildman–Crippen MR) is 127 cm³/mol. The number of anilines is 1. The fourth-order valence-electron chi connectivity index (χ4n) is 3.93. The van der Waals surface area contributed by atoms with E-state index in [1.165, 1.54) is 5.56 Å². The van der Waals surface area contributed by atoms with Gasteiger partial charge >= 0.3 is 0 Å². The number of carbonyl (C=O) groups is 2. The maximum absolute atomic E-state index is 13.0. The van der Waals surface area contributed by atoms with Crippen LogP contribution >= 0.6 is 0 Å². The van der Waals surface area contributed by atoms with E-state index in [0.29, 0.717) is 26.1 Å². The Morgan fingerprint density at radius 3 is 2.38 bits per heavy atom. The van der Waals surface area contributed by atoms with Gasteiger partial charge in [0.25, 0.3) is 0 Å². The quantitative estimate of drug-likeness (QED) is 0.663. The number of rotatable bonds is 7. The van der Waals surface area contributed by atoms with Gasteiger partial charge in [-0.2, -0.15) is 0 Å². The van der Waals surface area contributed by atoms with Crippen molar-refractivity contribution in [2.75, 3.05) is 37.6 Å². The highest BCUT2D eigenvalue weighted by atomic mass is 16.2. The van der Waals surface area contributed by atoms with E-state index in [9.17, 15) is 9.59 Å². The Balaban J connectivity index is 1.61. The third-order valence-electron chi connectivity index (χ3n) is 6.22. The lowest BCUT2D eigenvalue weighted by Gasteiger charge is -2.30. The minimum absolute atomic E-state index is 0.0229. The standard InChI is InChI=1S/C25H35N5O2/c1-5-20(4)30(24(31)6-2)18-25(32)29-15-7-14-28(16-17-29)23-13-12-22(26-27-23)21-10-8-19(3)9-11-21/h8-13,20H,5-7,14-18H2,1-4H3. The molecule has 1 saturated heterocycles. The zero-order valence-corrected chi connectivity index (χ0v) is 19.8. The molecule has 0 bridgehead atoms. The van der Waals surface area contributed by atoms with E-state index in [4.69, 9.17) is 0 Å². The van der Waals surface area contributed by atoms with Crippen LogP contribution in [0.3, 0.4) is 0 Å². The Hall–Kier alpha value is -2.96. The van der Waals surface area contributed by atoms with Gasteiger partial charge in [0, 0.05) is 44.2 Å². The highest BCUT2D eigenvalue weighted by Gasteiger charge is 2.25. The van der Waals surface area contributed by atoms with Crippen molar-refractivity contribution in [3.05, 3.63) is 42.0 Å². The van der Waals surface area contributed by atoms with E-state index < -0.39 is 0 Å². The Bertz CT molecular complexity index is 898. The van der Waals surface area contributed by atoms with Crippen molar-refractivity contribution in [3.63, 3.8) is 0 Å². The molecule has 1 aliphatic rings. The van der Waals surface area contributed by atoms with E-state index in [-0.39, 0.29) is 24.4 Å². The fourth-order valence-corrected chi connectivity index (χ4v) is 3.93. The summed E-state index contributed by atoms with van der Waals surface area (Å²) in [6.45, 7) is 11.0. The highest BCUT2D eigenvalue weighted by Crippen LogP contribution is 2.20. The number of hydrogen-bond donors (Lipinski definition) is 0. The number of benzene rings is 1. The molecule has 1 atom stereocenters. The Kier molecular flexibility index (Phi) is 8.20. The summed E-state index contributed by atoms with van der Waals surface area (Å²) in [5.41, 5.74) is 3.12. The Labute approximate surface area is 191 Å². The lowest BCUT2D eigenvalue weighted by molar-refractivity contribution is -0.142. The van der Waals surface area contributed by atoms with Gasteiger partial charge in [0.05, 0.1) is 12.2 Å². The summed E-state index contributed by atoms with van der Waals surface area (Å²) in [5.74, 6) is 0.889. The first-order chi connectivity index (χ1) is 15.4. The summed E-state index contributed by atoms with van der Waals surface area (Å²) in [5, 5.41) is 8.87. The molecule has 7 nitrogen and oxygen atoms in total. The fraction of sp³-hybridized carbons (Fsp3) is 0.520. The molecule has 0 radical (unpaired) electrons. The number of amides is 2. The number of nitrogens with zero attached hydrogens (tertiary/aromatic N) is 5. The Morgan fingerprint density at radius 2 is 1.75 bits per heavy atom. The minimum Gasteiger partial charge on any atom is -0.353 e. The molecular weight excluding hydrogens is 402 g/mol. The smallest absolute Gasteiger partial charge is 0.242 e. The second-order valence-electron chi connectivity index (χ2n) is 8.50. The largest absolute Gasteiger partial charge is 0.353 e. The summed E-state index contributed by atoms with van der Waals surface area (Å²) >= 11 is 0. The first-order valence-corrected chi connectivity index (χ1v) is 11.7. The molecule has 172 valence electrons. The van der Waals surface area contributed by atoms with Gasteiger partial charge in [0.2, 0.25) is 11.8 Å². The van der Waals surface area contributed by atoms with E-state index in [2.05, 4.69) is 46.3 Å². The van der Waals surface area contributed by atoms with Crippen LogP contribution in [0.15, 0.2) is 36.4 Å². The molecule has 1 aromatic heterocycles. The van der Waals surface area contributed by atoms with Crippen LogP contribution < -0.4 is 4.90 Å². The van der Waals surface area contributed by atoms with Crippen molar-refractivity contribution in [3.8, 4) is 11.3 Å². The predicted octanol–water partition coefficient (Wildman–Crippen LogP) is 3.53. The van der Waals surface area contributed by atoms with E-state index in [1.807, 2.05) is 37.8 Å². The number of hydrogen-bond acceptors (Lipinski definition) is 5. The van der Waals surface area contributed by atoms with Crippen molar-refractivity contribution < 1.29 is 9.59 Å². The van der Waals surface area contributed by atoms with Gasteiger partial charge in [-0.05, 0) is 38.8 Å². The van der Waals surface area contributed by atoms with Gasteiger partial charge in [0.1, 0.15) is 0 Å². The maximum atomic E-state index is 13.0. The van der Waals surface area contributed by atoms with Crippen molar-refractivity contribution in [2.24, 2.45) is 0 Å². The average molecular weight is 438 g/mol. The van der Waals surface area contributed by atoms with E-state index >= 15 is 0 Å². The van der Waals surface area contributed by atoms with Crippen molar-refractivity contribution >= 4 is 17.6 Å². The average Bonchev–Trinajstić information content (AvgIpc) is 3.08. The van der Waals surface area contributed by atoms with Gasteiger partial charge in [-0.25, -0.2) is 0 Å². The van der Waals surface area contributed by atoms with Crippen LogP contribution in [0.5, 0.6) is 0 Å². The zero-order chi connectivity index (χ0) is 23.1. The summed E-state index contributed by atoms with van der Waals surface area (Å²) in [4.78, 5) is 31.1. The first-order valence-electron chi connectivity index (χ1n) is 11.7. The molecule has 0 spiro atoms. The first kappa shape index (κ1) is 23.7. The second-order valence-corrected chi connectivity index (χ2v) is 8.50. The van der Waals surface area contributed by atoms with Crippen LogP contribution in [0.2, 0.25) is 0 Å². The van der Waals surface area contributed by atoms with Crippen LogP contribution in [0.25, 0.3) is 11.3 Å². The molecule has 1 aliphatic heterocycles. The van der Waals surface area contributed by atoms with E-state index in [1.54, 1.807) is 4.90 Å². The highest BCUT2D eigenvalue weighted by molar-refractivity contribution is 5.85. The number of aromatic nitrogens is 2. The lowest BCUT2D eigenvalue weighted by Crippen LogP contribution is -2.47. The van der Waals surface area contributed by atoms with Crippen molar-refractivity contribution in [1.29, 1.82) is 0 Å². The van der Waals surface area contributed by atoms with Crippen LogP contribution in [0, 0.1) is 6.92 Å². The minimum atomic E-state index is 0.0229. The summed E-state index contributed by atoms with van der Waals surface area (Å²) in [7, 11) is 0. The van der Waals surface area contributed by atoms with Gasteiger partial charge in [0.15, 0.2) is 5.82 Å². The van der Waals surface area contributed by atoms with Crippen molar-refractivity contribution in [2.45, 2.75) is 53.0 Å². The molecular formula is C25H35N5O2. The van der Waals surface area contributed by atoms with Gasteiger partial charge in [-0.15, -0.1) is 10.2 Å². The van der Waals surface area contributed by atoms with Crippen LogP contribution in [0.1, 0.15) is 45.6 Å². The number of aryl methyl sites for hydroxylation is 1. The SMILES string of the molecule is CCC(=O)N(CC(=O)N1CCCN(c2ccc(-c3ccc(C)cc3)nn2)CC1)C(C)CC. The third kappa shape index (κ3) is 5.84. The molecule has 2 heterocycles. The summed E-state index contributed by atoms with van der Waals surface area (Å²) in [6.07, 6.45) is 2.12. The zero-order valence-electron chi connectivity index (χ0n) is 19.8. The molecule has 0 saturated carbocycles. The summed E-state index contributed by atoms with van der Waals surface area (Å²) < 4.78 is 0. The number of carbonyl (C=O) groups excluding carboxylic acids is 2. The normalized spacial score (nSPS) is 15.2. The van der Waals surface area contributed by atoms with Gasteiger partial charge in [-0.1, -0.05) is 43.7 Å². The van der Waals surface area contributed by atoms with Crippen molar-refractivity contribution in [1.82, 2.24) is 20.0 Å². The second kappa shape index (κ2) is 11.1. The van der Waals surface area contributed by atoms with Crippen LogP contribution in [-0.2, 0) is 9.59 Å². The van der Waals surface area contributed by atoms with Gasteiger partial charge in [-0.3, -0.25) is 9.59 Å².